The van der Waals surface area contributed by atoms with Crippen molar-refractivity contribution in [3.05, 3.63) is 59.7 Å². The lowest BCUT2D eigenvalue weighted by atomic mass is 10.2. The third kappa shape index (κ3) is 6.65. The molecule has 7 heteroatoms. The molecular formula is C21H22N2O5. The third-order valence-electron chi connectivity index (χ3n) is 3.87. The molecule has 2 N–H and O–H groups in total. The normalized spacial score (nSPS) is 11.1. The van der Waals surface area contributed by atoms with Gasteiger partial charge < -0.3 is 19.9 Å². The first-order chi connectivity index (χ1) is 13.5. The van der Waals surface area contributed by atoms with E-state index in [0.717, 1.165) is 5.56 Å². The molecule has 28 heavy (non-hydrogen) atoms. The molecule has 0 radical (unpaired) electrons. The van der Waals surface area contributed by atoms with Crippen molar-refractivity contribution in [2.45, 2.75) is 32.4 Å². The Bertz CT molecular complexity index is 843. The van der Waals surface area contributed by atoms with E-state index in [-0.39, 0.29) is 12.3 Å². The number of benzene rings is 2. The van der Waals surface area contributed by atoms with Gasteiger partial charge in [0.2, 0.25) is 0 Å². The van der Waals surface area contributed by atoms with Crippen LogP contribution in [0.2, 0.25) is 0 Å². The zero-order valence-electron chi connectivity index (χ0n) is 15.6. The Morgan fingerprint density at radius 3 is 2.57 bits per heavy atom. The van der Waals surface area contributed by atoms with E-state index in [9.17, 15) is 9.59 Å². The molecule has 1 amide bonds. The number of hydrogen-bond donors (Lipinski definition) is 2. The number of aliphatic carboxylic acids is 1. The summed E-state index contributed by atoms with van der Waals surface area (Å²) in [6.07, 6.45) is -0.227. The molecule has 7 nitrogen and oxygen atoms in total. The molecule has 146 valence electrons. The maximum Gasteiger partial charge on any atom is 0.303 e. The molecule has 0 aromatic heterocycles. The summed E-state index contributed by atoms with van der Waals surface area (Å²) in [6.45, 7) is 2.28. The standard InChI is InChI=1S/C21H22N2O5/c1-15(28-19-6-3-2-5-17(19)13-22)21(26)23-14-16-8-10-18(11-9-16)27-12-4-7-20(24)25/h2-3,5-6,8-11,15H,4,7,12,14H2,1H3,(H,23,26)(H,24,25). The first-order valence-corrected chi connectivity index (χ1v) is 8.86. The van der Waals surface area contributed by atoms with Crippen LogP contribution in [0.4, 0.5) is 0 Å². The van der Waals surface area contributed by atoms with Crippen molar-refractivity contribution in [1.82, 2.24) is 5.32 Å². The minimum absolute atomic E-state index is 0.0726. The first kappa shape index (κ1) is 20.8. The highest BCUT2D eigenvalue weighted by atomic mass is 16.5. The molecule has 0 saturated heterocycles. The second-order valence-electron chi connectivity index (χ2n) is 6.08. The number of ether oxygens (including phenoxy) is 2. The molecular weight excluding hydrogens is 360 g/mol. The average Bonchev–Trinajstić information content (AvgIpc) is 2.70. The van der Waals surface area contributed by atoms with Crippen molar-refractivity contribution in [3.63, 3.8) is 0 Å². The molecule has 2 aromatic rings. The fourth-order valence-electron chi connectivity index (χ4n) is 2.36. The summed E-state index contributed by atoms with van der Waals surface area (Å²) in [6, 6.07) is 16.0. The first-order valence-electron chi connectivity index (χ1n) is 8.86. The third-order valence-corrected chi connectivity index (χ3v) is 3.87. The quantitative estimate of drug-likeness (QED) is 0.612. The van der Waals surface area contributed by atoms with Gasteiger partial charge in [0.25, 0.3) is 5.91 Å². The van der Waals surface area contributed by atoms with Gasteiger partial charge in [-0.1, -0.05) is 24.3 Å². The number of carbonyl (C=O) groups excluding carboxylic acids is 1. The van der Waals surface area contributed by atoms with Crippen molar-refractivity contribution in [3.8, 4) is 17.6 Å². The number of carboxylic acid groups (broad SMARTS) is 1. The second kappa shape index (κ2) is 10.6. The minimum atomic E-state index is -0.844. The summed E-state index contributed by atoms with van der Waals surface area (Å²) in [4.78, 5) is 22.7. The molecule has 0 saturated carbocycles. The predicted octanol–water partition coefficient (Wildman–Crippen LogP) is 2.89. The topological polar surface area (TPSA) is 109 Å². The van der Waals surface area contributed by atoms with Gasteiger partial charge in [0.15, 0.2) is 6.10 Å². The van der Waals surface area contributed by atoms with Gasteiger partial charge in [0, 0.05) is 13.0 Å². The average molecular weight is 382 g/mol. The second-order valence-corrected chi connectivity index (χ2v) is 6.08. The summed E-state index contributed by atoms with van der Waals surface area (Å²) in [5.41, 5.74) is 1.26. The maximum atomic E-state index is 12.2. The van der Waals surface area contributed by atoms with Gasteiger partial charge in [-0.3, -0.25) is 9.59 Å². The van der Waals surface area contributed by atoms with E-state index in [1.807, 2.05) is 18.2 Å². The molecule has 0 aliphatic heterocycles. The molecule has 0 aliphatic rings. The Balaban J connectivity index is 1.78. The molecule has 0 bridgehead atoms. The van der Waals surface area contributed by atoms with E-state index in [1.54, 1.807) is 43.3 Å². The van der Waals surface area contributed by atoms with Crippen LogP contribution in [-0.2, 0) is 16.1 Å². The molecule has 0 spiro atoms. The van der Waals surface area contributed by atoms with E-state index in [1.165, 1.54) is 0 Å². The number of carbonyl (C=O) groups is 2. The van der Waals surface area contributed by atoms with Crippen molar-refractivity contribution >= 4 is 11.9 Å². The lowest BCUT2D eigenvalue weighted by Crippen LogP contribution is -2.36. The lowest BCUT2D eigenvalue weighted by Gasteiger charge is -2.15. The number of hydrogen-bond acceptors (Lipinski definition) is 5. The van der Waals surface area contributed by atoms with E-state index in [0.29, 0.717) is 36.6 Å². The number of nitriles is 1. The van der Waals surface area contributed by atoms with Crippen molar-refractivity contribution < 1.29 is 24.2 Å². The molecule has 1 unspecified atom stereocenters. The monoisotopic (exact) mass is 382 g/mol. The number of nitrogens with zero attached hydrogens (tertiary/aromatic N) is 1. The molecule has 0 heterocycles. The van der Waals surface area contributed by atoms with Gasteiger partial charge in [0.05, 0.1) is 12.2 Å². The van der Waals surface area contributed by atoms with Gasteiger partial charge in [-0.15, -0.1) is 0 Å². The van der Waals surface area contributed by atoms with Crippen molar-refractivity contribution in [1.29, 1.82) is 5.26 Å². The Kier molecular flexibility index (Phi) is 7.85. The van der Waals surface area contributed by atoms with Gasteiger partial charge in [-0.2, -0.15) is 5.26 Å². The SMILES string of the molecule is CC(Oc1ccccc1C#N)C(=O)NCc1ccc(OCCCC(=O)O)cc1. The van der Waals surface area contributed by atoms with Crippen LogP contribution >= 0.6 is 0 Å². The summed E-state index contributed by atoms with van der Waals surface area (Å²) in [5.74, 6) is -0.118. The van der Waals surface area contributed by atoms with E-state index < -0.39 is 12.1 Å². The molecule has 0 aliphatic carbocycles. The molecule has 2 aromatic carbocycles. The number of para-hydroxylation sites is 1. The lowest BCUT2D eigenvalue weighted by molar-refractivity contribution is -0.137. The summed E-state index contributed by atoms with van der Waals surface area (Å²) < 4.78 is 11.0. The Morgan fingerprint density at radius 2 is 1.89 bits per heavy atom. The van der Waals surface area contributed by atoms with Crippen LogP contribution in [0, 0.1) is 11.3 Å². The molecule has 1 atom stereocenters. The summed E-state index contributed by atoms with van der Waals surface area (Å²) in [5, 5.41) is 20.4. The molecule has 2 rings (SSSR count). The maximum absolute atomic E-state index is 12.2. The summed E-state index contributed by atoms with van der Waals surface area (Å²) in [7, 11) is 0. The van der Waals surface area contributed by atoms with E-state index in [2.05, 4.69) is 5.32 Å². The van der Waals surface area contributed by atoms with Crippen LogP contribution in [0.25, 0.3) is 0 Å². The Morgan fingerprint density at radius 1 is 1.18 bits per heavy atom. The van der Waals surface area contributed by atoms with Crippen LogP contribution in [0.5, 0.6) is 11.5 Å². The van der Waals surface area contributed by atoms with Crippen LogP contribution in [-0.4, -0.2) is 29.7 Å². The molecule has 0 fully saturated rings. The van der Waals surface area contributed by atoms with Crippen molar-refractivity contribution in [2.75, 3.05) is 6.61 Å². The van der Waals surface area contributed by atoms with Crippen LogP contribution in [0.3, 0.4) is 0 Å². The smallest absolute Gasteiger partial charge is 0.303 e. The highest BCUT2D eigenvalue weighted by Gasteiger charge is 2.16. The zero-order chi connectivity index (χ0) is 20.4. The van der Waals surface area contributed by atoms with Gasteiger partial charge >= 0.3 is 5.97 Å². The number of rotatable bonds is 10. The van der Waals surface area contributed by atoms with Gasteiger partial charge in [-0.05, 0) is 43.2 Å². The number of nitrogens with one attached hydrogen (secondary N) is 1. The van der Waals surface area contributed by atoms with Gasteiger partial charge in [-0.25, -0.2) is 0 Å². The van der Waals surface area contributed by atoms with E-state index in [4.69, 9.17) is 19.8 Å². The van der Waals surface area contributed by atoms with Crippen LogP contribution in [0.15, 0.2) is 48.5 Å². The van der Waals surface area contributed by atoms with Crippen molar-refractivity contribution in [2.24, 2.45) is 0 Å². The van der Waals surface area contributed by atoms with Gasteiger partial charge in [0.1, 0.15) is 17.6 Å². The Hall–Kier alpha value is -3.53. The minimum Gasteiger partial charge on any atom is -0.494 e. The predicted molar refractivity (Wildman–Crippen MR) is 102 cm³/mol. The number of amides is 1. The largest absolute Gasteiger partial charge is 0.494 e. The zero-order valence-corrected chi connectivity index (χ0v) is 15.6. The highest BCUT2D eigenvalue weighted by Crippen LogP contribution is 2.18. The Labute approximate surface area is 163 Å². The fraction of sp³-hybridized carbons (Fsp3) is 0.286. The van der Waals surface area contributed by atoms with Crippen LogP contribution in [0.1, 0.15) is 30.9 Å². The van der Waals surface area contributed by atoms with E-state index >= 15 is 0 Å². The fourth-order valence-corrected chi connectivity index (χ4v) is 2.36. The van der Waals surface area contributed by atoms with Crippen LogP contribution < -0.4 is 14.8 Å². The number of carboxylic acids is 1. The highest BCUT2D eigenvalue weighted by molar-refractivity contribution is 5.80. The summed E-state index contributed by atoms with van der Waals surface area (Å²) >= 11 is 0.